The molecule has 2 unspecified atom stereocenters. The fourth-order valence-electron chi connectivity index (χ4n) is 3.56. The summed E-state index contributed by atoms with van der Waals surface area (Å²) >= 11 is 0. The smallest absolute Gasteiger partial charge is 0.0729 e. The number of hydrogen-bond acceptors (Lipinski definition) is 3. The molecular weight excluding hydrogens is 214 g/mol. The maximum Gasteiger partial charge on any atom is 0.0729 e. The third-order valence-electron chi connectivity index (χ3n) is 5.29. The summed E-state index contributed by atoms with van der Waals surface area (Å²) in [7, 11) is 0. The van der Waals surface area contributed by atoms with Crippen molar-refractivity contribution < 1.29 is 9.47 Å². The van der Waals surface area contributed by atoms with Crippen LogP contribution in [0.5, 0.6) is 0 Å². The van der Waals surface area contributed by atoms with Crippen molar-refractivity contribution in [2.75, 3.05) is 19.8 Å². The summed E-state index contributed by atoms with van der Waals surface area (Å²) in [6.45, 7) is 4.97. The van der Waals surface area contributed by atoms with Crippen LogP contribution in [0.3, 0.4) is 0 Å². The summed E-state index contributed by atoms with van der Waals surface area (Å²) in [4.78, 5) is 0. The lowest BCUT2D eigenvalue weighted by Crippen LogP contribution is -2.50. The minimum atomic E-state index is 0.101. The first-order valence-corrected chi connectivity index (χ1v) is 7.11. The van der Waals surface area contributed by atoms with Crippen molar-refractivity contribution in [1.29, 1.82) is 0 Å². The highest BCUT2D eigenvalue weighted by atomic mass is 16.5. The number of rotatable bonds is 2. The highest BCUT2D eigenvalue weighted by Crippen LogP contribution is 2.52. The zero-order chi connectivity index (χ0) is 11.9. The van der Waals surface area contributed by atoms with Gasteiger partial charge in [-0.1, -0.05) is 6.92 Å². The van der Waals surface area contributed by atoms with Crippen LogP contribution in [0.25, 0.3) is 0 Å². The van der Waals surface area contributed by atoms with Gasteiger partial charge < -0.3 is 15.2 Å². The van der Waals surface area contributed by atoms with Crippen LogP contribution >= 0.6 is 0 Å². The zero-order valence-electron chi connectivity index (χ0n) is 10.9. The number of nitrogens with two attached hydrogens (primary N) is 1. The van der Waals surface area contributed by atoms with Crippen molar-refractivity contribution in [2.24, 2.45) is 17.1 Å². The standard InChI is InChI=1S/C14H25NO2/c1-13(3-4-13)12(15)11-2-7-17-14(10-11)5-8-16-9-6-14/h11-12H,2-10,15H2,1H3. The van der Waals surface area contributed by atoms with Crippen LogP contribution in [0.15, 0.2) is 0 Å². The molecule has 2 atom stereocenters. The first-order chi connectivity index (χ1) is 8.14. The van der Waals surface area contributed by atoms with Crippen LogP contribution in [0.2, 0.25) is 0 Å². The molecule has 0 amide bonds. The Labute approximate surface area is 104 Å². The van der Waals surface area contributed by atoms with Gasteiger partial charge in [-0.15, -0.1) is 0 Å². The number of hydrogen-bond donors (Lipinski definition) is 1. The molecule has 3 heteroatoms. The molecule has 0 aromatic carbocycles. The van der Waals surface area contributed by atoms with Crippen LogP contribution in [0.1, 0.15) is 45.4 Å². The molecule has 3 fully saturated rings. The van der Waals surface area contributed by atoms with E-state index in [-0.39, 0.29) is 5.60 Å². The maximum atomic E-state index is 6.49. The van der Waals surface area contributed by atoms with E-state index < -0.39 is 0 Å². The van der Waals surface area contributed by atoms with Gasteiger partial charge in [-0.3, -0.25) is 0 Å². The number of ether oxygens (including phenoxy) is 2. The summed E-state index contributed by atoms with van der Waals surface area (Å²) < 4.78 is 11.5. The summed E-state index contributed by atoms with van der Waals surface area (Å²) in [6, 6.07) is 0.381. The molecule has 3 aliphatic rings. The fraction of sp³-hybridized carbons (Fsp3) is 1.00. The second-order valence-corrected chi connectivity index (χ2v) is 6.58. The lowest BCUT2D eigenvalue weighted by Gasteiger charge is -2.45. The highest BCUT2D eigenvalue weighted by Gasteiger charge is 2.49. The molecule has 0 bridgehead atoms. The van der Waals surface area contributed by atoms with Gasteiger partial charge in [0.25, 0.3) is 0 Å². The molecule has 3 rings (SSSR count). The van der Waals surface area contributed by atoms with E-state index in [2.05, 4.69) is 6.92 Å². The largest absolute Gasteiger partial charge is 0.381 e. The lowest BCUT2D eigenvalue weighted by atomic mass is 9.74. The summed E-state index contributed by atoms with van der Waals surface area (Å²) in [5.74, 6) is 0.661. The van der Waals surface area contributed by atoms with Gasteiger partial charge in [0.1, 0.15) is 0 Å². The molecule has 3 nitrogen and oxygen atoms in total. The van der Waals surface area contributed by atoms with Crippen LogP contribution in [0, 0.1) is 11.3 Å². The van der Waals surface area contributed by atoms with Crippen LogP contribution in [0.4, 0.5) is 0 Å². The second-order valence-electron chi connectivity index (χ2n) is 6.58. The zero-order valence-corrected chi connectivity index (χ0v) is 10.9. The van der Waals surface area contributed by atoms with Gasteiger partial charge >= 0.3 is 0 Å². The highest BCUT2D eigenvalue weighted by molar-refractivity contribution is 5.03. The minimum Gasteiger partial charge on any atom is -0.381 e. The summed E-state index contributed by atoms with van der Waals surface area (Å²) in [5.41, 5.74) is 7.03. The monoisotopic (exact) mass is 239 g/mol. The SMILES string of the molecule is CC1(C(N)C2CCOC3(CCOCC3)C2)CC1. The quantitative estimate of drug-likeness (QED) is 0.802. The van der Waals surface area contributed by atoms with E-state index in [0.717, 1.165) is 45.5 Å². The molecule has 1 spiro atoms. The molecule has 2 aliphatic heterocycles. The normalized spacial score (nSPS) is 36.7. The van der Waals surface area contributed by atoms with E-state index in [0.29, 0.717) is 17.4 Å². The third kappa shape index (κ3) is 2.25. The average Bonchev–Trinajstić information content (AvgIpc) is 3.09. The van der Waals surface area contributed by atoms with Crippen molar-refractivity contribution in [3.05, 3.63) is 0 Å². The van der Waals surface area contributed by atoms with E-state index in [9.17, 15) is 0 Å². The van der Waals surface area contributed by atoms with Gasteiger partial charge in [-0.25, -0.2) is 0 Å². The predicted octanol–water partition coefficient (Wildman–Crippen LogP) is 2.09. The molecule has 0 aromatic heterocycles. The first kappa shape index (κ1) is 11.9. The molecular formula is C14H25NO2. The van der Waals surface area contributed by atoms with Crippen LogP contribution in [-0.2, 0) is 9.47 Å². The average molecular weight is 239 g/mol. The lowest BCUT2D eigenvalue weighted by molar-refractivity contribution is -0.150. The van der Waals surface area contributed by atoms with Gasteiger partial charge in [0.05, 0.1) is 5.60 Å². The van der Waals surface area contributed by atoms with Crippen molar-refractivity contribution in [1.82, 2.24) is 0 Å². The van der Waals surface area contributed by atoms with Crippen molar-refractivity contribution in [2.45, 2.75) is 57.1 Å². The molecule has 0 aromatic rings. The van der Waals surface area contributed by atoms with E-state index >= 15 is 0 Å². The van der Waals surface area contributed by atoms with Crippen molar-refractivity contribution in [3.63, 3.8) is 0 Å². The molecule has 2 heterocycles. The fourth-order valence-corrected chi connectivity index (χ4v) is 3.56. The molecule has 17 heavy (non-hydrogen) atoms. The van der Waals surface area contributed by atoms with E-state index in [1.165, 1.54) is 12.8 Å². The van der Waals surface area contributed by atoms with E-state index in [4.69, 9.17) is 15.2 Å². The Kier molecular flexibility index (Phi) is 2.96. The molecule has 2 N–H and O–H groups in total. The van der Waals surface area contributed by atoms with E-state index in [1.807, 2.05) is 0 Å². The van der Waals surface area contributed by atoms with Crippen molar-refractivity contribution in [3.8, 4) is 0 Å². The Morgan fingerprint density at radius 2 is 1.82 bits per heavy atom. The summed E-state index contributed by atoms with van der Waals surface area (Å²) in [5, 5.41) is 0. The van der Waals surface area contributed by atoms with Crippen molar-refractivity contribution >= 4 is 0 Å². The molecule has 1 aliphatic carbocycles. The topological polar surface area (TPSA) is 44.5 Å². The van der Waals surface area contributed by atoms with Crippen LogP contribution in [-0.4, -0.2) is 31.5 Å². The Balaban J connectivity index is 1.66. The van der Waals surface area contributed by atoms with Gasteiger partial charge in [0.2, 0.25) is 0 Å². The second kappa shape index (κ2) is 4.22. The van der Waals surface area contributed by atoms with Gasteiger partial charge in [0.15, 0.2) is 0 Å². The summed E-state index contributed by atoms with van der Waals surface area (Å²) in [6.07, 6.45) is 7.08. The Hall–Kier alpha value is -0.120. The van der Waals surface area contributed by atoms with Gasteiger partial charge in [0, 0.05) is 25.9 Å². The molecule has 2 saturated heterocycles. The Morgan fingerprint density at radius 3 is 2.47 bits per heavy atom. The molecule has 0 radical (unpaired) electrons. The predicted molar refractivity (Wildman–Crippen MR) is 66.8 cm³/mol. The van der Waals surface area contributed by atoms with Crippen LogP contribution < -0.4 is 5.73 Å². The van der Waals surface area contributed by atoms with E-state index in [1.54, 1.807) is 0 Å². The van der Waals surface area contributed by atoms with Gasteiger partial charge in [-0.2, -0.15) is 0 Å². The first-order valence-electron chi connectivity index (χ1n) is 7.11. The molecule has 1 saturated carbocycles. The Bertz CT molecular complexity index is 276. The van der Waals surface area contributed by atoms with Gasteiger partial charge in [-0.05, 0) is 49.9 Å². The Morgan fingerprint density at radius 1 is 1.12 bits per heavy atom. The molecule has 98 valence electrons. The maximum absolute atomic E-state index is 6.49. The third-order valence-corrected chi connectivity index (χ3v) is 5.29. The minimum absolute atomic E-state index is 0.101.